The van der Waals surface area contributed by atoms with E-state index >= 15 is 0 Å². The number of anilines is 1. The lowest BCUT2D eigenvalue weighted by Crippen LogP contribution is -2.34. The minimum atomic E-state index is 0.798. The molecule has 0 spiro atoms. The summed E-state index contributed by atoms with van der Waals surface area (Å²) in [5.74, 6) is 7.75. The van der Waals surface area contributed by atoms with Crippen molar-refractivity contribution in [3.05, 3.63) is 24.3 Å². The molecule has 5 heteroatoms. The summed E-state index contributed by atoms with van der Waals surface area (Å²) in [4.78, 5) is 4.31. The SMILES string of the molecule is COc1cccc(N(N)C2=NCCS2)c1. The summed E-state index contributed by atoms with van der Waals surface area (Å²) in [5, 5.41) is 2.46. The number of thioether (sulfide) groups is 1. The second-order valence-corrected chi connectivity index (χ2v) is 4.15. The van der Waals surface area contributed by atoms with E-state index in [0.717, 1.165) is 28.9 Å². The van der Waals surface area contributed by atoms with Crippen molar-refractivity contribution in [2.45, 2.75) is 0 Å². The van der Waals surface area contributed by atoms with Gasteiger partial charge in [-0.05, 0) is 12.1 Å². The third kappa shape index (κ3) is 2.24. The average molecular weight is 223 g/mol. The van der Waals surface area contributed by atoms with E-state index < -0.39 is 0 Å². The number of nitrogens with two attached hydrogens (primary N) is 1. The van der Waals surface area contributed by atoms with Crippen LogP contribution in [-0.2, 0) is 0 Å². The van der Waals surface area contributed by atoms with Crippen molar-refractivity contribution in [3.8, 4) is 5.75 Å². The molecule has 0 unspecified atom stereocenters. The lowest BCUT2D eigenvalue weighted by molar-refractivity contribution is 0.415. The molecule has 2 N–H and O–H groups in total. The monoisotopic (exact) mass is 223 g/mol. The molecule has 0 amide bonds. The molecule has 1 aliphatic heterocycles. The van der Waals surface area contributed by atoms with E-state index in [1.165, 1.54) is 0 Å². The maximum atomic E-state index is 5.95. The molecule has 0 saturated carbocycles. The second-order valence-electron chi connectivity index (χ2n) is 3.08. The zero-order valence-electron chi connectivity index (χ0n) is 8.51. The van der Waals surface area contributed by atoms with Crippen molar-refractivity contribution < 1.29 is 4.74 Å². The summed E-state index contributed by atoms with van der Waals surface area (Å²) in [5.41, 5.74) is 0.891. The molecule has 15 heavy (non-hydrogen) atoms. The molecule has 0 fully saturated rings. The molecule has 0 aromatic heterocycles. The number of aliphatic imine (C=N–C) groups is 1. The normalized spacial score (nSPS) is 14.9. The van der Waals surface area contributed by atoms with Gasteiger partial charge in [0.15, 0.2) is 5.17 Å². The van der Waals surface area contributed by atoms with Gasteiger partial charge in [0, 0.05) is 11.8 Å². The number of amidine groups is 1. The number of rotatable bonds is 2. The Bertz CT molecular complexity index is 381. The number of benzene rings is 1. The molecule has 1 aromatic rings. The summed E-state index contributed by atoms with van der Waals surface area (Å²) in [6.45, 7) is 0.845. The molecule has 2 rings (SSSR count). The topological polar surface area (TPSA) is 50.9 Å². The first-order valence-corrected chi connectivity index (χ1v) is 5.66. The summed E-state index contributed by atoms with van der Waals surface area (Å²) >= 11 is 1.67. The van der Waals surface area contributed by atoms with Crippen molar-refractivity contribution in [3.63, 3.8) is 0 Å². The Balaban J connectivity index is 2.20. The van der Waals surface area contributed by atoms with Crippen LogP contribution in [0, 0.1) is 0 Å². The molecule has 0 bridgehead atoms. The van der Waals surface area contributed by atoms with Crippen molar-refractivity contribution in [1.82, 2.24) is 0 Å². The Morgan fingerprint density at radius 1 is 1.53 bits per heavy atom. The molecule has 0 atom stereocenters. The second kappa shape index (κ2) is 4.55. The zero-order valence-corrected chi connectivity index (χ0v) is 9.33. The molecule has 0 aliphatic carbocycles. The first-order valence-electron chi connectivity index (χ1n) is 4.67. The van der Waals surface area contributed by atoms with Crippen molar-refractivity contribution >= 4 is 22.6 Å². The van der Waals surface area contributed by atoms with Gasteiger partial charge in [-0.2, -0.15) is 0 Å². The Morgan fingerprint density at radius 2 is 2.40 bits per heavy atom. The first kappa shape index (κ1) is 10.3. The van der Waals surface area contributed by atoms with E-state index in [9.17, 15) is 0 Å². The van der Waals surface area contributed by atoms with Crippen LogP contribution in [-0.4, -0.2) is 24.6 Å². The van der Waals surface area contributed by atoms with Gasteiger partial charge in [0.05, 0.1) is 19.3 Å². The maximum absolute atomic E-state index is 5.95. The molecular weight excluding hydrogens is 210 g/mol. The van der Waals surface area contributed by atoms with Crippen LogP contribution >= 0.6 is 11.8 Å². The Kier molecular flexibility index (Phi) is 3.13. The highest BCUT2D eigenvalue weighted by atomic mass is 32.2. The van der Waals surface area contributed by atoms with Gasteiger partial charge in [-0.1, -0.05) is 17.8 Å². The molecule has 0 saturated heterocycles. The number of nitrogens with zero attached hydrogens (tertiary/aromatic N) is 2. The van der Waals surface area contributed by atoms with Crippen LogP contribution in [0.2, 0.25) is 0 Å². The number of ether oxygens (including phenoxy) is 1. The van der Waals surface area contributed by atoms with Gasteiger partial charge in [-0.25, -0.2) is 5.84 Å². The molecule has 80 valence electrons. The predicted molar refractivity (Wildman–Crippen MR) is 64.4 cm³/mol. The van der Waals surface area contributed by atoms with Gasteiger partial charge < -0.3 is 4.74 Å². The van der Waals surface area contributed by atoms with E-state index in [-0.39, 0.29) is 0 Å². The minimum Gasteiger partial charge on any atom is -0.497 e. The number of hydrogen-bond donors (Lipinski definition) is 1. The third-order valence-electron chi connectivity index (χ3n) is 2.11. The number of methoxy groups -OCH3 is 1. The van der Waals surface area contributed by atoms with Crippen LogP contribution in [0.5, 0.6) is 5.75 Å². The number of hydrogen-bond acceptors (Lipinski definition) is 5. The van der Waals surface area contributed by atoms with E-state index in [1.54, 1.807) is 23.9 Å². The van der Waals surface area contributed by atoms with Gasteiger partial charge >= 0.3 is 0 Å². The molecule has 0 radical (unpaired) electrons. The van der Waals surface area contributed by atoms with Crippen LogP contribution in [0.1, 0.15) is 0 Å². The average Bonchev–Trinajstić information content (AvgIpc) is 2.81. The summed E-state index contributed by atoms with van der Waals surface area (Å²) in [7, 11) is 1.64. The largest absolute Gasteiger partial charge is 0.497 e. The molecule has 1 heterocycles. The van der Waals surface area contributed by atoms with E-state index in [1.807, 2.05) is 24.3 Å². The highest BCUT2D eigenvalue weighted by Gasteiger charge is 2.14. The Labute approximate surface area is 93.1 Å². The van der Waals surface area contributed by atoms with Gasteiger partial charge in [-0.15, -0.1) is 0 Å². The minimum absolute atomic E-state index is 0.798. The Morgan fingerprint density at radius 3 is 3.07 bits per heavy atom. The highest BCUT2D eigenvalue weighted by molar-refractivity contribution is 8.14. The lowest BCUT2D eigenvalue weighted by Gasteiger charge is -2.17. The van der Waals surface area contributed by atoms with E-state index in [4.69, 9.17) is 10.6 Å². The number of hydrazine groups is 1. The fraction of sp³-hybridized carbons (Fsp3) is 0.300. The molecular formula is C10H13N3OS. The standard InChI is InChI=1S/C10H13N3OS/c1-14-9-4-2-3-8(7-9)13(11)10-12-5-6-15-10/h2-4,7H,5-6,11H2,1H3. The van der Waals surface area contributed by atoms with Gasteiger partial charge in [0.1, 0.15) is 5.75 Å². The van der Waals surface area contributed by atoms with Gasteiger partial charge in [0.2, 0.25) is 0 Å². The summed E-state index contributed by atoms with van der Waals surface area (Å²) in [6.07, 6.45) is 0. The smallest absolute Gasteiger partial charge is 0.178 e. The fourth-order valence-corrected chi connectivity index (χ4v) is 2.13. The molecule has 1 aliphatic rings. The van der Waals surface area contributed by atoms with Crippen LogP contribution in [0.25, 0.3) is 0 Å². The highest BCUT2D eigenvalue weighted by Crippen LogP contribution is 2.23. The zero-order chi connectivity index (χ0) is 10.7. The molecule has 4 nitrogen and oxygen atoms in total. The predicted octanol–water partition coefficient (Wildman–Crippen LogP) is 1.48. The van der Waals surface area contributed by atoms with Crippen LogP contribution in [0.15, 0.2) is 29.3 Å². The molecule has 1 aromatic carbocycles. The van der Waals surface area contributed by atoms with Gasteiger partial charge in [0.25, 0.3) is 0 Å². The van der Waals surface area contributed by atoms with Crippen molar-refractivity contribution in [2.75, 3.05) is 24.4 Å². The summed E-state index contributed by atoms with van der Waals surface area (Å²) in [6, 6.07) is 7.63. The van der Waals surface area contributed by atoms with Crippen molar-refractivity contribution in [1.29, 1.82) is 0 Å². The van der Waals surface area contributed by atoms with Crippen LogP contribution in [0.3, 0.4) is 0 Å². The summed E-state index contributed by atoms with van der Waals surface area (Å²) < 4.78 is 5.14. The quantitative estimate of drug-likeness (QED) is 0.609. The fourth-order valence-electron chi connectivity index (χ4n) is 1.34. The first-order chi connectivity index (χ1) is 7.31. The third-order valence-corrected chi connectivity index (χ3v) is 3.08. The van der Waals surface area contributed by atoms with Gasteiger partial charge in [-0.3, -0.25) is 10.0 Å². The van der Waals surface area contributed by atoms with E-state index in [2.05, 4.69) is 4.99 Å². The lowest BCUT2D eigenvalue weighted by atomic mass is 10.3. The Hall–Kier alpha value is -1.20. The van der Waals surface area contributed by atoms with Crippen LogP contribution in [0.4, 0.5) is 5.69 Å². The van der Waals surface area contributed by atoms with E-state index in [0.29, 0.717) is 0 Å². The maximum Gasteiger partial charge on any atom is 0.178 e. The van der Waals surface area contributed by atoms with Crippen LogP contribution < -0.4 is 15.6 Å². The van der Waals surface area contributed by atoms with Crippen molar-refractivity contribution in [2.24, 2.45) is 10.8 Å².